The quantitative estimate of drug-likeness (QED) is 0.587. The standard InChI is InChI=1S/C23H19F3N4O3/c1-12-6-15(18(29-9-12)20-27-4-5-32-20)21(31)30-11-14-7-22(14)8-16(19(22)30)33-17-3-2-13(10-28-17)23(24,25)26/h2-6,9-10,14,16,19H,7-8,11H2,1H3. The SMILES string of the molecule is Cc1cnc(-c2ncco2)c(C(=O)N2CC3CC34CC(Oc3ccc(C(F)(F)F)cn3)C24)c1. The van der Waals surface area contributed by atoms with Gasteiger partial charge in [-0.05, 0) is 43.4 Å². The molecule has 0 bridgehead atoms. The molecule has 1 spiro atoms. The van der Waals surface area contributed by atoms with Gasteiger partial charge in [0.05, 0.1) is 23.4 Å². The van der Waals surface area contributed by atoms with Gasteiger partial charge in [-0.15, -0.1) is 0 Å². The number of piperidine rings is 1. The number of aryl methyl sites for hydroxylation is 1. The van der Waals surface area contributed by atoms with E-state index in [1.165, 1.54) is 18.5 Å². The molecule has 6 rings (SSSR count). The summed E-state index contributed by atoms with van der Waals surface area (Å²) in [5.74, 6) is 0.629. The number of likely N-dealkylation sites (tertiary alicyclic amines) is 1. The van der Waals surface area contributed by atoms with Gasteiger partial charge in [0.25, 0.3) is 5.91 Å². The normalized spacial score (nSPS) is 27.5. The van der Waals surface area contributed by atoms with Crippen molar-refractivity contribution in [3.63, 3.8) is 0 Å². The van der Waals surface area contributed by atoms with E-state index in [4.69, 9.17) is 9.15 Å². The lowest BCUT2D eigenvalue weighted by Crippen LogP contribution is -2.59. The first kappa shape index (κ1) is 20.2. The zero-order valence-electron chi connectivity index (χ0n) is 17.5. The maximum absolute atomic E-state index is 13.6. The Hall–Kier alpha value is -3.43. The van der Waals surface area contributed by atoms with Gasteiger partial charge in [0.15, 0.2) is 0 Å². The number of nitrogens with zero attached hydrogens (tertiary/aromatic N) is 4. The Bertz CT molecular complexity index is 1230. The van der Waals surface area contributed by atoms with Gasteiger partial charge in [-0.25, -0.2) is 9.97 Å². The molecular formula is C23H19F3N4O3. The summed E-state index contributed by atoms with van der Waals surface area (Å²) in [6.07, 6.45) is 2.36. The summed E-state index contributed by atoms with van der Waals surface area (Å²) < 4.78 is 49.8. The summed E-state index contributed by atoms with van der Waals surface area (Å²) in [7, 11) is 0. The zero-order chi connectivity index (χ0) is 23.0. The van der Waals surface area contributed by atoms with Crippen molar-refractivity contribution in [2.45, 2.75) is 38.1 Å². The number of rotatable bonds is 4. The van der Waals surface area contributed by atoms with E-state index in [0.29, 0.717) is 23.7 Å². The summed E-state index contributed by atoms with van der Waals surface area (Å²) in [6.45, 7) is 2.47. The Labute approximate surface area is 186 Å². The third-order valence-electron chi connectivity index (χ3n) is 7.04. The third-order valence-corrected chi connectivity index (χ3v) is 7.04. The van der Waals surface area contributed by atoms with Crippen LogP contribution in [0.4, 0.5) is 13.2 Å². The molecule has 170 valence electrons. The van der Waals surface area contributed by atoms with Crippen molar-refractivity contribution in [1.29, 1.82) is 0 Å². The Morgan fingerprint density at radius 2 is 2.06 bits per heavy atom. The predicted octanol–water partition coefficient (Wildman–Crippen LogP) is 4.14. The Morgan fingerprint density at radius 3 is 2.76 bits per heavy atom. The van der Waals surface area contributed by atoms with Gasteiger partial charge in [-0.1, -0.05) is 0 Å². The molecule has 1 amide bonds. The third kappa shape index (κ3) is 3.11. The minimum Gasteiger partial charge on any atom is -0.472 e. The number of pyridine rings is 2. The molecular weight excluding hydrogens is 437 g/mol. The second-order valence-electron chi connectivity index (χ2n) is 9.03. The van der Waals surface area contributed by atoms with E-state index in [1.54, 1.807) is 12.3 Å². The van der Waals surface area contributed by atoms with Gasteiger partial charge in [-0.2, -0.15) is 13.2 Å². The predicted molar refractivity (Wildman–Crippen MR) is 108 cm³/mol. The number of hydrogen-bond acceptors (Lipinski definition) is 6. The average Bonchev–Trinajstić information content (AvgIpc) is 3.14. The van der Waals surface area contributed by atoms with Crippen molar-refractivity contribution < 1.29 is 27.1 Å². The van der Waals surface area contributed by atoms with Gasteiger partial charge < -0.3 is 14.1 Å². The van der Waals surface area contributed by atoms with Crippen molar-refractivity contribution in [3.05, 3.63) is 59.7 Å². The fourth-order valence-electron chi connectivity index (χ4n) is 5.42. The smallest absolute Gasteiger partial charge is 0.417 e. The first-order chi connectivity index (χ1) is 15.8. The minimum atomic E-state index is -4.45. The van der Waals surface area contributed by atoms with E-state index in [9.17, 15) is 18.0 Å². The van der Waals surface area contributed by atoms with E-state index in [2.05, 4.69) is 15.0 Å². The molecule has 4 heterocycles. The fourth-order valence-corrected chi connectivity index (χ4v) is 5.42. The maximum atomic E-state index is 13.6. The fraction of sp³-hybridized carbons (Fsp3) is 0.391. The zero-order valence-corrected chi connectivity index (χ0v) is 17.5. The number of carbonyl (C=O) groups excluding carboxylic acids is 1. The highest BCUT2D eigenvalue weighted by Gasteiger charge is 2.76. The number of oxazole rings is 1. The van der Waals surface area contributed by atoms with Crippen LogP contribution in [-0.4, -0.2) is 44.4 Å². The van der Waals surface area contributed by atoms with Crippen molar-refractivity contribution in [3.8, 4) is 17.5 Å². The van der Waals surface area contributed by atoms with Gasteiger partial charge in [0.2, 0.25) is 11.8 Å². The highest BCUT2D eigenvalue weighted by atomic mass is 19.4. The molecule has 0 aromatic carbocycles. The topological polar surface area (TPSA) is 81.4 Å². The Kier molecular flexibility index (Phi) is 4.15. The molecule has 0 N–H and O–H groups in total. The molecule has 1 saturated heterocycles. The molecule has 3 aliphatic rings. The van der Waals surface area contributed by atoms with E-state index in [-0.39, 0.29) is 35.2 Å². The molecule has 0 radical (unpaired) electrons. The molecule has 3 aromatic rings. The molecule has 3 fully saturated rings. The highest BCUT2D eigenvalue weighted by Crippen LogP contribution is 2.71. The van der Waals surface area contributed by atoms with E-state index < -0.39 is 11.7 Å². The summed E-state index contributed by atoms with van der Waals surface area (Å²) in [5.41, 5.74) is 0.833. The van der Waals surface area contributed by atoms with Crippen LogP contribution in [0.1, 0.15) is 34.3 Å². The van der Waals surface area contributed by atoms with Crippen LogP contribution in [0.5, 0.6) is 5.88 Å². The minimum absolute atomic E-state index is 0.0343. The molecule has 10 heteroatoms. The van der Waals surface area contributed by atoms with Gasteiger partial charge in [-0.3, -0.25) is 9.78 Å². The molecule has 1 aliphatic heterocycles. The number of ether oxygens (including phenoxy) is 1. The van der Waals surface area contributed by atoms with Crippen LogP contribution in [0.3, 0.4) is 0 Å². The number of carbonyl (C=O) groups is 1. The number of amides is 1. The van der Waals surface area contributed by atoms with Gasteiger partial charge in [0, 0.05) is 30.4 Å². The molecule has 3 aromatic heterocycles. The van der Waals surface area contributed by atoms with Crippen molar-refractivity contribution in [2.75, 3.05) is 6.54 Å². The summed E-state index contributed by atoms with van der Waals surface area (Å²) in [4.78, 5) is 27.8. The van der Waals surface area contributed by atoms with Gasteiger partial charge in [0.1, 0.15) is 18.1 Å². The number of alkyl halides is 3. The van der Waals surface area contributed by atoms with Crippen LogP contribution < -0.4 is 4.74 Å². The largest absolute Gasteiger partial charge is 0.472 e. The Morgan fingerprint density at radius 1 is 1.21 bits per heavy atom. The second kappa shape index (κ2) is 6.79. The summed E-state index contributed by atoms with van der Waals surface area (Å²) >= 11 is 0. The second-order valence-corrected chi connectivity index (χ2v) is 9.03. The lowest BCUT2D eigenvalue weighted by molar-refractivity contribution is -0.137. The first-order valence-corrected chi connectivity index (χ1v) is 10.6. The summed E-state index contributed by atoms with van der Waals surface area (Å²) in [5, 5.41) is 0. The molecule has 4 unspecified atom stereocenters. The molecule has 2 aliphatic carbocycles. The number of halogens is 3. The van der Waals surface area contributed by atoms with Crippen LogP contribution >= 0.6 is 0 Å². The van der Waals surface area contributed by atoms with Crippen LogP contribution in [0.15, 0.2) is 47.5 Å². The van der Waals surface area contributed by atoms with Crippen molar-refractivity contribution in [1.82, 2.24) is 19.9 Å². The first-order valence-electron chi connectivity index (χ1n) is 10.6. The molecule has 2 saturated carbocycles. The van der Waals surface area contributed by atoms with Crippen LogP contribution in [0, 0.1) is 18.3 Å². The molecule has 33 heavy (non-hydrogen) atoms. The van der Waals surface area contributed by atoms with Crippen LogP contribution in [0.2, 0.25) is 0 Å². The highest BCUT2D eigenvalue weighted by molar-refractivity contribution is 6.00. The average molecular weight is 456 g/mol. The van der Waals surface area contributed by atoms with E-state index in [1.807, 2.05) is 11.8 Å². The van der Waals surface area contributed by atoms with Crippen molar-refractivity contribution >= 4 is 5.91 Å². The Balaban J connectivity index is 1.26. The molecule has 4 atom stereocenters. The lowest BCUT2D eigenvalue weighted by Gasteiger charge is -2.47. The van der Waals surface area contributed by atoms with Crippen LogP contribution in [-0.2, 0) is 6.18 Å². The van der Waals surface area contributed by atoms with Crippen LogP contribution in [0.25, 0.3) is 11.6 Å². The lowest BCUT2D eigenvalue weighted by atomic mass is 9.73. The van der Waals surface area contributed by atoms with Gasteiger partial charge >= 0.3 is 6.18 Å². The molecule has 7 nitrogen and oxygen atoms in total. The van der Waals surface area contributed by atoms with Crippen molar-refractivity contribution in [2.24, 2.45) is 11.3 Å². The number of aromatic nitrogens is 3. The van der Waals surface area contributed by atoms with E-state index in [0.717, 1.165) is 30.7 Å². The monoisotopic (exact) mass is 456 g/mol. The number of hydrogen-bond donors (Lipinski definition) is 0. The van der Waals surface area contributed by atoms with E-state index >= 15 is 0 Å². The summed E-state index contributed by atoms with van der Waals surface area (Å²) in [6, 6.07) is 3.80. The maximum Gasteiger partial charge on any atom is 0.417 e.